The van der Waals surface area contributed by atoms with Crippen LogP contribution in [0.1, 0.15) is 29.3 Å². The van der Waals surface area contributed by atoms with E-state index < -0.39 is 29.9 Å². The Morgan fingerprint density at radius 2 is 1.91 bits per heavy atom. The van der Waals surface area contributed by atoms with E-state index in [1.54, 1.807) is 45.5 Å². The average molecular weight is 631 g/mol. The van der Waals surface area contributed by atoms with Crippen LogP contribution in [0.2, 0.25) is 0 Å². The number of fused-ring (bicyclic) bond motifs is 1. The monoisotopic (exact) mass is 630 g/mol. The summed E-state index contributed by atoms with van der Waals surface area (Å²) in [5.41, 5.74) is 1.62. The first-order valence-corrected chi connectivity index (χ1v) is 14.8. The number of piperazine rings is 1. The predicted molar refractivity (Wildman–Crippen MR) is 163 cm³/mol. The third-order valence-electron chi connectivity index (χ3n) is 8.31. The van der Waals surface area contributed by atoms with Gasteiger partial charge in [-0.3, -0.25) is 14.0 Å². The number of benzene rings is 2. The number of amides is 2. The van der Waals surface area contributed by atoms with Crippen LogP contribution in [0.25, 0.3) is 16.9 Å². The minimum atomic E-state index is -1.20. The summed E-state index contributed by atoms with van der Waals surface area (Å²) in [6.07, 6.45) is 4.85. The van der Waals surface area contributed by atoms with Crippen LogP contribution < -0.4 is 15.4 Å². The molecule has 14 heteroatoms. The highest BCUT2D eigenvalue weighted by atomic mass is 19.2. The van der Waals surface area contributed by atoms with Gasteiger partial charge in [0.2, 0.25) is 11.7 Å². The summed E-state index contributed by atoms with van der Waals surface area (Å²) < 4.78 is 36.1. The molecule has 0 unspecified atom stereocenters. The SMILES string of the molecule is Cc1cc(Nc2nccn3c(-c4ccc(OCC#N)c(F)c4F)cnc23)ccc1C(=O)N1CCN(C(=O)[C@@H]2C[C@](C)(O)CN2)CC1. The number of aliphatic hydroxyl groups is 1. The zero-order valence-corrected chi connectivity index (χ0v) is 25.3. The Balaban J connectivity index is 1.14. The molecule has 2 aliphatic heterocycles. The Morgan fingerprint density at radius 1 is 1.15 bits per heavy atom. The summed E-state index contributed by atoms with van der Waals surface area (Å²) >= 11 is 0. The van der Waals surface area contributed by atoms with Crippen LogP contribution in [0, 0.1) is 29.9 Å². The molecule has 6 rings (SSSR count). The Bertz CT molecular complexity index is 1860. The number of aryl methyl sites for hydroxylation is 1. The predicted octanol–water partition coefficient (Wildman–Crippen LogP) is 3.03. The van der Waals surface area contributed by atoms with Crippen LogP contribution in [0.15, 0.2) is 48.9 Å². The van der Waals surface area contributed by atoms with Gasteiger partial charge in [-0.25, -0.2) is 14.4 Å². The molecule has 2 fully saturated rings. The van der Waals surface area contributed by atoms with Gasteiger partial charge < -0.3 is 30.3 Å². The molecular weight excluding hydrogens is 598 g/mol. The van der Waals surface area contributed by atoms with E-state index in [0.717, 1.165) is 5.56 Å². The van der Waals surface area contributed by atoms with Gasteiger partial charge in [0.05, 0.1) is 23.5 Å². The van der Waals surface area contributed by atoms with Gasteiger partial charge in [0.15, 0.2) is 29.6 Å². The molecule has 12 nitrogen and oxygen atoms in total. The van der Waals surface area contributed by atoms with E-state index in [-0.39, 0.29) is 28.8 Å². The lowest BCUT2D eigenvalue weighted by atomic mass is 10.0. The lowest BCUT2D eigenvalue weighted by molar-refractivity contribution is -0.134. The second-order valence-electron chi connectivity index (χ2n) is 11.7. The Hall–Kier alpha value is -5.13. The molecule has 2 amide bonds. The second kappa shape index (κ2) is 12.3. The van der Waals surface area contributed by atoms with Crippen molar-refractivity contribution in [1.29, 1.82) is 5.26 Å². The standard InChI is InChI=1S/C32H32F2N8O4/c1-19-15-20(3-4-21(19)30(43)40-10-12-41(13-11-40)31(44)23-16-32(2,45)18-38-23)39-28-29-37-17-24(42(29)9-8-36-28)22-5-6-25(46-14-7-35)27(34)26(22)33/h3-6,8-9,15,17,23,38,45H,10-14,16,18H2,1-2H3,(H,36,39)/t23-,32-/m0/s1. The lowest BCUT2D eigenvalue weighted by Gasteiger charge is -2.36. The molecule has 0 bridgehead atoms. The fourth-order valence-electron chi connectivity index (χ4n) is 5.90. The Morgan fingerprint density at radius 3 is 2.61 bits per heavy atom. The number of imidazole rings is 1. The first-order chi connectivity index (χ1) is 22.1. The first-order valence-electron chi connectivity index (χ1n) is 14.8. The third kappa shape index (κ3) is 5.94. The number of anilines is 2. The summed E-state index contributed by atoms with van der Waals surface area (Å²) in [5, 5.41) is 25.1. The van der Waals surface area contributed by atoms with Gasteiger partial charge in [-0.05, 0) is 49.7 Å². The van der Waals surface area contributed by atoms with Gasteiger partial charge in [0, 0.05) is 68.4 Å². The molecule has 238 valence electrons. The number of hydrogen-bond acceptors (Lipinski definition) is 9. The number of carbonyl (C=O) groups is 2. The molecule has 3 N–H and O–H groups in total. The largest absolute Gasteiger partial charge is 0.476 e. The molecule has 2 aromatic carbocycles. The van der Waals surface area contributed by atoms with E-state index in [9.17, 15) is 23.5 Å². The zero-order chi connectivity index (χ0) is 32.6. The number of β-amino-alcohol motifs (C(OH)–C–C–N with tert-alkyl or cyclic N) is 1. The fourth-order valence-corrected chi connectivity index (χ4v) is 5.90. The summed E-state index contributed by atoms with van der Waals surface area (Å²) in [6.45, 7) is 5.15. The molecule has 2 aliphatic rings. The highest BCUT2D eigenvalue weighted by Crippen LogP contribution is 2.32. The first kappa shape index (κ1) is 30.9. The smallest absolute Gasteiger partial charge is 0.254 e. The lowest BCUT2D eigenvalue weighted by Crippen LogP contribution is -2.54. The number of aromatic nitrogens is 3. The molecule has 2 aromatic heterocycles. The molecular formula is C32H32F2N8O4. The van der Waals surface area contributed by atoms with E-state index in [2.05, 4.69) is 20.6 Å². The summed E-state index contributed by atoms with van der Waals surface area (Å²) in [6, 6.07) is 9.22. The number of rotatable bonds is 7. The zero-order valence-electron chi connectivity index (χ0n) is 25.3. The van der Waals surface area contributed by atoms with Gasteiger partial charge in [0.1, 0.15) is 6.07 Å². The highest BCUT2D eigenvalue weighted by Gasteiger charge is 2.39. The van der Waals surface area contributed by atoms with Crippen LogP contribution >= 0.6 is 0 Å². The summed E-state index contributed by atoms with van der Waals surface area (Å²) in [5.74, 6) is -2.51. The van der Waals surface area contributed by atoms with Gasteiger partial charge in [0.25, 0.3) is 5.91 Å². The van der Waals surface area contributed by atoms with Crippen LogP contribution in [-0.4, -0.2) is 92.1 Å². The number of ether oxygens (including phenoxy) is 1. The topological polar surface area (TPSA) is 148 Å². The molecule has 0 saturated carbocycles. The number of halogens is 2. The normalized spacial score (nSPS) is 19.7. The second-order valence-corrected chi connectivity index (χ2v) is 11.7. The van der Waals surface area contributed by atoms with Crippen molar-refractivity contribution >= 4 is 29.0 Å². The van der Waals surface area contributed by atoms with Crippen molar-refractivity contribution in [2.45, 2.75) is 31.9 Å². The molecule has 4 aromatic rings. The molecule has 4 heterocycles. The Kier molecular flexibility index (Phi) is 8.28. The van der Waals surface area contributed by atoms with Crippen LogP contribution in [-0.2, 0) is 4.79 Å². The van der Waals surface area contributed by atoms with Gasteiger partial charge in [-0.15, -0.1) is 0 Å². The van der Waals surface area contributed by atoms with E-state index in [1.165, 1.54) is 24.5 Å². The maximum atomic E-state index is 15.0. The maximum absolute atomic E-state index is 15.0. The van der Waals surface area contributed by atoms with Gasteiger partial charge >= 0.3 is 0 Å². The fraction of sp³-hybridized carbons (Fsp3) is 0.344. The number of nitriles is 1. The highest BCUT2D eigenvalue weighted by molar-refractivity contribution is 5.96. The molecule has 2 saturated heterocycles. The van der Waals surface area contributed by atoms with Crippen molar-refractivity contribution < 1.29 is 28.2 Å². The van der Waals surface area contributed by atoms with Crippen LogP contribution in [0.5, 0.6) is 5.75 Å². The average Bonchev–Trinajstić information content (AvgIpc) is 3.65. The molecule has 2 atom stereocenters. The van der Waals surface area contributed by atoms with Gasteiger partial charge in [-0.1, -0.05) is 0 Å². The molecule has 0 radical (unpaired) electrons. The van der Waals surface area contributed by atoms with E-state index in [1.807, 2.05) is 13.0 Å². The van der Waals surface area contributed by atoms with E-state index in [4.69, 9.17) is 10.00 Å². The van der Waals surface area contributed by atoms with Crippen molar-refractivity contribution in [3.8, 4) is 23.1 Å². The summed E-state index contributed by atoms with van der Waals surface area (Å²) in [7, 11) is 0. The minimum Gasteiger partial charge on any atom is -0.476 e. The molecule has 46 heavy (non-hydrogen) atoms. The number of nitrogens with zero attached hydrogens (tertiary/aromatic N) is 6. The van der Waals surface area contributed by atoms with Crippen molar-refractivity contribution in [1.82, 2.24) is 29.5 Å². The molecule has 0 spiro atoms. The third-order valence-corrected chi connectivity index (χ3v) is 8.31. The van der Waals surface area contributed by atoms with E-state index in [0.29, 0.717) is 61.9 Å². The van der Waals surface area contributed by atoms with Crippen LogP contribution in [0.4, 0.5) is 20.3 Å². The van der Waals surface area contributed by atoms with Crippen molar-refractivity contribution in [2.75, 3.05) is 44.6 Å². The number of carbonyl (C=O) groups excluding carboxylic acids is 2. The van der Waals surface area contributed by atoms with E-state index >= 15 is 0 Å². The quantitative estimate of drug-likeness (QED) is 0.280. The van der Waals surface area contributed by atoms with Crippen molar-refractivity contribution in [3.05, 3.63) is 71.7 Å². The van der Waals surface area contributed by atoms with Gasteiger partial charge in [-0.2, -0.15) is 9.65 Å². The van der Waals surface area contributed by atoms with Crippen molar-refractivity contribution in [3.63, 3.8) is 0 Å². The summed E-state index contributed by atoms with van der Waals surface area (Å²) in [4.78, 5) is 38.5. The number of nitrogens with one attached hydrogen (secondary N) is 2. The number of hydrogen-bond donors (Lipinski definition) is 3. The van der Waals surface area contributed by atoms with Crippen LogP contribution in [0.3, 0.4) is 0 Å². The Labute approximate surface area is 263 Å². The van der Waals surface area contributed by atoms with Crippen molar-refractivity contribution in [2.24, 2.45) is 0 Å². The maximum Gasteiger partial charge on any atom is 0.254 e. The molecule has 0 aliphatic carbocycles. The minimum absolute atomic E-state index is 0.0429.